The van der Waals surface area contributed by atoms with Crippen molar-refractivity contribution in [1.82, 2.24) is 0 Å². The highest BCUT2D eigenvalue weighted by molar-refractivity contribution is 7.92. The molecule has 3 N–H and O–H groups in total. The third-order valence-corrected chi connectivity index (χ3v) is 4.93. The van der Waals surface area contributed by atoms with E-state index in [4.69, 9.17) is 45.0 Å². The summed E-state index contributed by atoms with van der Waals surface area (Å²) in [5.74, 6) is 0.588. The van der Waals surface area contributed by atoms with Crippen LogP contribution in [-0.2, 0) is 16.6 Å². The molecule has 0 bridgehead atoms. The molecule has 0 saturated heterocycles. The van der Waals surface area contributed by atoms with E-state index in [1.807, 2.05) is 0 Å². The fourth-order valence-electron chi connectivity index (χ4n) is 1.72. The molecule has 0 aliphatic rings. The normalized spacial score (nSPS) is 11.7. The van der Waals surface area contributed by atoms with Crippen LogP contribution in [0.2, 0.25) is 15.1 Å². The molecule has 1 aromatic carbocycles. The topological polar surface area (TPSA) is 85.3 Å². The highest BCUT2D eigenvalue weighted by Gasteiger charge is 2.23. The number of benzene rings is 1. The van der Waals surface area contributed by atoms with Crippen molar-refractivity contribution in [2.75, 3.05) is 4.72 Å². The lowest BCUT2D eigenvalue weighted by atomic mass is 10.3. The number of sulfonamides is 1. The molecule has 0 radical (unpaired) electrons. The standard InChI is InChI=1S/C12H11Cl3N2O3S/c1-6-11(4-8(5-16)20-6)21(18,19)17-12-9(14)2-7(13)3-10(12)15/h2-4,17H,5,16H2,1H3. The molecule has 0 amide bonds. The van der Waals surface area contributed by atoms with Crippen molar-refractivity contribution in [2.45, 2.75) is 18.4 Å². The number of halogens is 3. The van der Waals surface area contributed by atoms with Crippen molar-refractivity contribution < 1.29 is 12.8 Å². The molecule has 2 aromatic rings. The lowest BCUT2D eigenvalue weighted by Gasteiger charge is -2.11. The Kier molecular flexibility index (Phi) is 4.75. The van der Waals surface area contributed by atoms with Crippen LogP contribution in [0.25, 0.3) is 0 Å². The number of nitrogens with one attached hydrogen (secondary N) is 1. The molecule has 114 valence electrons. The van der Waals surface area contributed by atoms with Crippen LogP contribution in [0.3, 0.4) is 0 Å². The van der Waals surface area contributed by atoms with Crippen LogP contribution in [-0.4, -0.2) is 8.42 Å². The molecule has 0 spiro atoms. The first-order chi connectivity index (χ1) is 9.74. The Labute approximate surface area is 137 Å². The Morgan fingerprint density at radius 2 is 1.76 bits per heavy atom. The third-order valence-electron chi connectivity index (χ3n) is 2.66. The monoisotopic (exact) mass is 368 g/mol. The lowest BCUT2D eigenvalue weighted by molar-refractivity contribution is 0.479. The third kappa shape index (κ3) is 3.46. The zero-order valence-corrected chi connectivity index (χ0v) is 13.9. The van der Waals surface area contributed by atoms with Crippen LogP contribution in [0.1, 0.15) is 11.5 Å². The molecular formula is C12H11Cl3N2O3S. The minimum absolute atomic E-state index is 0.0231. The van der Waals surface area contributed by atoms with Crippen LogP contribution >= 0.6 is 34.8 Å². The fraction of sp³-hybridized carbons (Fsp3) is 0.167. The van der Waals surface area contributed by atoms with E-state index < -0.39 is 10.0 Å². The van der Waals surface area contributed by atoms with Crippen LogP contribution in [0.15, 0.2) is 27.5 Å². The van der Waals surface area contributed by atoms with Gasteiger partial charge in [0.05, 0.1) is 22.3 Å². The average Bonchev–Trinajstić information content (AvgIpc) is 2.76. The number of aryl methyl sites for hydroxylation is 1. The molecule has 2 rings (SSSR count). The van der Waals surface area contributed by atoms with E-state index in [2.05, 4.69) is 4.72 Å². The number of hydrogen-bond acceptors (Lipinski definition) is 4. The van der Waals surface area contributed by atoms with Gasteiger partial charge in [0.15, 0.2) is 0 Å². The van der Waals surface area contributed by atoms with E-state index in [1.165, 1.54) is 25.1 Å². The van der Waals surface area contributed by atoms with Gasteiger partial charge in [-0.25, -0.2) is 8.42 Å². The maximum absolute atomic E-state index is 12.4. The number of anilines is 1. The van der Waals surface area contributed by atoms with Gasteiger partial charge in [0.25, 0.3) is 10.0 Å². The highest BCUT2D eigenvalue weighted by atomic mass is 35.5. The summed E-state index contributed by atoms with van der Waals surface area (Å²) >= 11 is 17.7. The first-order valence-corrected chi connectivity index (χ1v) is 8.33. The molecule has 9 heteroatoms. The minimum atomic E-state index is -3.90. The summed E-state index contributed by atoms with van der Waals surface area (Å²) in [6.45, 7) is 1.62. The second-order valence-corrected chi connectivity index (χ2v) is 7.09. The van der Waals surface area contributed by atoms with Crippen LogP contribution in [0.4, 0.5) is 5.69 Å². The van der Waals surface area contributed by atoms with Crippen molar-refractivity contribution in [2.24, 2.45) is 5.73 Å². The Bertz CT molecular complexity index is 764. The van der Waals surface area contributed by atoms with Gasteiger partial charge in [-0.15, -0.1) is 0 Å². The van der Waals surface area contributed by atoms with E-state index in [9.17, 15) is 8.42 Å². The number of nitrogens with two attached hydrogens (primary N) is 1. The van der Waals surface area contributed by atoms with Crippen LogP contribution in [0.5, 0.6) is 0 Å². The lowest BCUT2D eigenvalue weighted by Crippen LogP contribution is -2.14. The van der Waals surface area contributed by atoms with E-state index in [-0.39, 0.29) is 32.9 Å². The van der Waals surface area contributed by atoms with E-state index in [0.29, 0.717) is 10.8 Å². The van der Waals surface area contributed by atoms with Crippen LogP contribution < -0.4 is 10.5 Å². The largest absolute Gasteiger partial charge is 0.464 e. The highest BCUT2D eigenvalue weighted by Crippen LogP contribution is 2.35. The quantitative estimate of drug-likeness (QED) is 0.858. The molecule has 0 saturated carbocycles. The van der Waals surface area contributed by atoms with Gasteiger partial charge in [0.1, 0.15) is 16.4 Å². The van der Waals surface area contributed by atoms with Crippen LogP contribution in [0, 0.1) is 6.92 Å². The Morgan fingerprint density at radius 3 is 2.24 bits per heavy atom. The predicted molar refractivity (Wildman–Crippen MR) is 83.6 cm³/mol. The zero-order valence-electron chi connectivity index (χ0n) is 10.8. The van der Waals surface area contributed by atoms with Gasteiger partial charge in [0.2, 0.25) is 0 Å². The summed E-state index contributed by atoms with van der Waals surface area (Å²) in [5.41, 5.74) is 5.48. The second-order valence-electron chi connectivity index (χ2n) is 4.19. The van der Waals surface area contributed by atoms with Crippen molar-refractivity contribution in [1.29, 1.82) is 0 Å². The van der Waals surface area contributed by atoms with Gasteiger partial charge in [-0.3, -0.25) is 4.72 Å². The van der Waals surface area contributed by atoms with Gasteiger partial charge in [-0.05, 0) is 19.1 Å². The molecular weight excluding hydrogens is 359 g/mol. The summed E-state index contributed by atoms with van der Waals surface area (Å²) in [7, 11) is -3.90. The summed E-state index contributed by atoms with van der Waals surface area (Å²) in [6, 6.07) is 4.14. The molecule has 1 heterocycles. The second kappa shape index (κ2) is 6.06. The maximum atomic E-state index is 12.4. The average molecular weight is 370 g/mol. The molecule has 1 aromatic heterocycles. The van der Waals surface area contributed by atoms with Crippen molar-refractivity contribution in [3.63, 3.8) is 0 Å². The number of rotatable bonds is 4. The van der Waals surface area contributed by atoms with Gasteiger partial charge < -0.3 is 10.2 Å². The smallest absolute Gasteiger partial charge is 0.265 e. The summed E-state index contributed by atoms with van der Waals surface area (Å²) < 4.78 is 32.3. The van der Waals surface area contributed by atoms with E-state index >= 15 is 0 Å². The molecule has 0 aliphatic heterocycles. The fourth-order valence-corrected chi connectivity index (χ4v) is 4.05. The van der Waals surface area contributed by atoms with E-state index in [1.54, 1.807) is 0 Å². The van der Waals surface area contributed by atoms with Crippen molar-refractivity contribution in [3.8, 4) is 0 Å². The summed E-state index contributed by atoms with van der Waals surface area (Å²) in [5, 5.41) is 0.491. The predicted octanol–water partition coefficient (Wildman–Crippen LogP) is 3.81. The molecule has 0 unspecified atom stereocenters. The molecule has 5 nitrogen and oxygen atoms in total. The Hall–Kier alpha value is -0.920. The first-order valence-electron chi connectivity index (χ1n) is 5.71. The molecule has 0 aliphatic carbocycles. The molecule has 21 heavy (non-hydrogen) atoms. The maximum Gasteiger partial charge on any atom is 0.265 e. The Morgan fingerprint density at radius 1 is 1.19 bits per heavy atom. The SMILES string of the molecule is Cc1oc(CN)cc1S(=O)(=O)Nc1c(Cl)cc(Cl)cc1Cl. The van der Waals surface area contributed by atoms with Gasteiger partial charge >= 0.3 is 0 Å². The molecule has 0 fully saturated rings. The number of hydrogen-bond donors (Lipinski definition) is 2. The summed E-state index contributed by atoms with van der Waals surface area (Å²) in [6.07, 6.45) is 0. The summed E-state index contributed by atoms with van der Waals surface area (Å²) in [4.78, 5) is -0.0231. The zero-order chi connectivity index (χ0) is 15.8. The van der Waals surface area contributed by atoms with Gasteiger partial charge in [-0.1, -0.05) is 34.8 Å². The van der Waals surface area contributed by atoms with Gasteiger partial charge in [-0.2, -0.15) is 0 Å². The van der Waals surface area contributed by atoms with Crippen molar-refractivity contribution in [3.05, 3.63) is 44.8 Å². The van der Waals surface area contributed by atoms with E-state index in [0.717, 1.165) is 0 Å². The number of furan rings is 1. The minimum Gasteiger partial charge on any atom is -0.464 e. The molecule has 0 atom stereocenters. The first kappa shape index (κ1) is 16.5. The van der Waals surface area contributed by atoms with Gasteiger partial charge in [0, 0.05) is 11.1 Å². The van der Waals surface area contributed by atoms with Crippen molar-refractivity contribution >= 4 is 50.5 Å². The Balaban J connectivity index is 2.44.